The molecular formula is C27H43NO6. The summed E-state index contributed by atoms with van der Waals surface area (Å²) in [6, 6.07) is 0.0170. The summed E-state index contributed by atoms with van der Waals surface area (Å²) < 4.78 is 0. The number of hydrogen-bond acceptors (Lipinski definition) is 7. The SMILES string of the molecule is C[C@H]1CC[C@@H]2N(C1)C[C@@H]1[C@H]([C@@H](O)CC3(O)[C@@H]4[C@H](O)C(=O)[C@H]5C[C@@H](O)CC[C@]5(C)[C@H]4C[C@@H]13)[C@]2(C)O. The number of rotatable bonds is 0. The fourth-order valence-electron chi connectivity index (χ4n) is 10.5. The smallest absolute Gasteiger partial charge is 0.165 e. The highest BCUT2D eigenvalue weighted by Gasteiger charge is 2.73. The normalized spacial score (nSPS) is 61.6. The van der Waals surface area contributed by atoms with Gasteiger partial charge < -0.3 is 25.5 Å². The predicted molar refractivity (Wildman–Crippen MR) is 124 cm³/mol. The number of aliphatic hydroxyl groups excluding tert-OH is 3. The molecule has 0 aromatic rings. The van der Waals surface area contributed by atoms with Crippen LogP contribution in [0.3, 0.4) is 0 Å². The lowest BCUT2D eigenvalue weighted by atomic mass is 9.50. The van der Waals surface area contributed by atoms with Crippen molar-refractivity contribution in [2.75, 3.05) is 13.1 Å². The summed E-state index contributed by atoms with van der Waals surface area (Å²) in [5.74, 6) is -1.30. The minimum absolute atomic E-state index is 0.0170. The second kappa shape index (κ2) is 7.48. The first-order chi connectivity index (χ1) is 15.9. The van der Waals surface area contributed by atoms with Crippen LogP contribution in [0.5, 0.6) is 0 Å². The maximum atomic E-state index is 13.4. The first kappa shape index (κ1) is 23.8. The Labute approximate surface area is 202 Å². The summed E-state index contributed by atoms with van der Waals surface area (Å²) in [5, 5.41) is 57.1. The first-order valence-electron chi connectivity index (χ1n) is 13.7. The summed E-state index contributed by atoms with van der Waals surface area (Å²) in [5.41, 5.74) is -2.74. The number of hydrogen-bond donors (Lipinski definition) is 5. The average molecular weight is 478 g/mol. The van der Waals surface area contributed by atoms with Crippen molar-refractivity contribution in [1.82, 2.24) is 4.90 Å². The largest absolute Gasteiger partial charge is 0.393 e. The standard InChI is InChI=1S/C27H43NO6/c1-13-4-5-20-26(3,33)21-15(12-28(20)11-13)16-9-17-22(27(16,34)10-19(21)30)24(32)23(31)18-8-14(29)6-7-25(17,18)2/h13-22,24,29-30,32-34H,4-12H2,1-3H3/t13-,14-,15-,16-,17-,18+,19-,20-,21+,22-,24-,25+,26+,27?/m0/s1. The number of carbonyl (C=O) groups excluding carboxylic acids is 1. The first-order valence-corrected chi connectivity index (χ1v) is 13.7. The average Bonchev–Trinajstić information content (AvgIpc) is 3.06. The van der Waals surface area contributed by atoms with Gasteiger partial charge in [-0.1, -0.05) is 13.8 Å². The van der Waals surface area contributed by atoms with E-state index >= 15 is 0 Å². The van der Waals surface area contributed by atoms with Gasteiger partial charge in [-0.15, -0.1) is 0 Å². The molecule has 6 rings (SSSR count). The molecule has 2 aliphatic heterocycles. The van der Waals surface area contributed by atoms with E-state index in [9.17, 15) is 30.3 Å². The number of Topliss-reactive ketones (excluding diaryl/α,β-unsaturated/α-hetero) is 1. The van der Waals surface area contributed by atoms with Crippen LogP contribution >= 0.6 is 0 Å². The molecule has 14 atom stereocenters. The molecule has 0 aromatic heterocycles. The Morgan fingerprint density at radius 2 is 1.68 bits per heavy atom. The zero-order chi connectivity index (χ0) is 24.4. The van der Waals surface area contributed by atoms with E-state index in [0.717, 1.165) is 25.9 Å². The monoisotopic (exact) mass is 477 g/mol. The Morgan fingerprint density at radius 3 is 2.41 bits per heavy atom. The van der Waals surface area contributed by atoms with Crippen LogP contribution in [0.4, 0.5) is 0 Å². The summed E-state index contributed by atoms with van der Waals surface area (Å²) in [4.78, 5) is 15.8. The Bertz CT molecular complexity index is 864. The van der Waals surface area contributed by atoms with Crippen LogP contribution in [-0.2, 0) is 4.79 Å². The number of fused-ring (bicyclic) bond motifs is 8. The van der Waals surface area contributed by atoms with Crippen molar-refractivity contribution in [2.24, 2.45) is 46.8 Å². The fraction of sp³-hybridized carbons (Fsp3) is 0.963. The molecule has 5 N–H and O–H groups in total. The van der Waals surface area contributed by atoms with Crippen LogP contribution in [0.2, 0.25) is 0 Å². The van der Waals surface area contributed by atoms with Crippen molar-refractivity contribution in [2.45, 2.75) is 101 Å². The van der Waals surface area contributed by atoms with Crippen molar-refractivity contribution in [3.8, 4) is 0 Å². The van der Waals surface area contributed by atoms with Crippen molar-refractivity contribution in [1.29, 1.82) is 0 Å². The number of nitrogens with zero attached hydrogens (tertiary/aromatic N) is 1. The van der Waals surface area contributed by atoms with E-state index in [4.69, 9.17) is 0 Å². The van der Waals surface area contributed by atoms with Crippen LogP contribution in [0.25, 0.3) is 0 Å². The molecular weight excluding hydrogens is 434 g/mol. The van der Waals surface area contributed by atoms with Crippen LogP contribution in [-0.4, -0.2) is 84.9 Å². The van der Waals surface area contributed by atoms with E-state index in [2.05, 4.69) is 18.7 Å². The van der Waals surface area contributed by atoms with Gasteiger partial charge in [0.05, 0.1) is 23.4 Å². The Balaban J connectivity index is 1.40. The van der Waals surface area contributed by atoms with Crippen molar-refractivity contribution in [3.05, 3.63) is 0 Å². The highest BCUT2D eigenvalue weighted by Crippen LogP contribution is 2.68. The summed E-state index contributed by atoms with van der Waals surface area (Å²) in [7, 11) is 0. The molecule has 34 heavy (non-hydrogen) atoms. The lowest BCUT2D eigenvalue weighted by Gasteiger charge is -2.62. The molecule has 4 saturated carbocycles. The van der Waals surface area contributed by atoms with E-state index in [1.54, 1.807) is 0 Å². The minimum atomic E-state index is -1.32. The molecule has 0 bridgehead atoms. The molecule has 2 saturated heterocycles. The molecule has 192 valence electrons. The quantitative estimate of drug-likeness (QED) is 0.352. The molecule has 6 aliphatic rings. The lowest BCUT2D eigenvalue weighted by molar-refractivity contribution is -0.244. The van der Waals surface area contributed by atoms with E-state index in [0.29, 0.717) is 31.6 Å². The van der Waals surface area contributed by atoms with Crippen molar-refractivity contribution >= 4 is 5.78 Å². The van der Waals surface area contributed by atoms with Crippen molar-refractivity contribution < 1.29 is 30.3 Å². The van der Waals surface area contributed by atoms with Gasteiger partial charge in [-0.3, -0.25) is 9.69 Å². The van der Waals surface area contributed by atoms with Crippen LogP contribution in [0, 0.1) is 46.8 Å². The maximum absolute atomic E-state index is 13.4. The van der Waals surface area contributed by atoms with Gasteiger partial charge in [0.25, 0.3) is 0 Å². The zero-order valence-electron chi connectivity index (χ0n) is 20.8. The van der Waals surface area contributed by atoms with Gasteiger partial charge in [0.15, 0.2) is 5.78 Å². The number of aliphatic hydroxyl groups is 5. The molecule has 2 heterocycles. The molecule has 7 heteroatoms. The highest BCUT2D eigenvalue weighted by molar-refractivity contribution is 5.88. The van der Waals surface area contributed by atoms with Crippen LogP contribution in [0.1, 0.15) is 65.7 Å². The molecule has 4 aliphatic carbocycles. The number of carbonyl (C=O) groups is 1. The lowest BCUT2D eigenvalue weighted by Crippen LogP contribution is -2.72. The summed E-state index contributed by atoms with van der Waals surface area (Å²) >= 11 is 0. The topological polar surface area (TPSA) is 121 Å². The molecule has 1 unspecified atom stereocenters. The highest BCUT2D eigenvalue weighted by atomic mass is 16.3. The van der Waals surface area contributed by atoms with Gasteiger partial charge in [0.2, 0.25) is 0 Å². The Hall–Kier alpha value is -0.570. The van der Waals surface area contributed by atoms with Gasteiger partial charge in [-0.05, 0) is 74.5 Å². The number of ketones is 1. The number of piperidine rings is 2. The van der Waals surface area contributed by atoms with Gasteiger partial charge >= 0.3 is 0 Å². The van der Waals surface area contributed by atoms with Crippen molar-refractivity contribution in [3.63, 3.8) is 0 Å². The third-order valence-electron chi connectivity index (χ3n) is 11.9. The molecule has 0 spiro atoms. The van der Waals surface area contributed by atoms with Gasteiger partial charge in [-0.2, -0.15) is 0 Å². The summed E-state index contributed by atoms with van der Waals surface area (Å²) in [6.07, 6.45) is 1.87. The van der Waals surface area contributed by atoms with E-state index in [-0.39, 0.29) is 47.3 Å². The van der Waals surface area contributed by atoms with E-state index in [1.807, 2.05) is 6.92 Å². The second-order valence-corrected chi connectivity index (χ2v) is 13.6. The molecule has 7 nitrogen and oxygen atoms in total. The predicted octanol–water partition coefficient (Wildman–Crippen LogP) is 0.943. The second-order valence-electron chi connectivity index (χ2n) is 13.6. The van der Waals surface area contributed by atoms with Gasteiger partial charge in [0, 0.05) is 43.3 Å². The molecule has 0 aromatic carbocycles. The molecule has 0 amide bonds. The molecule has 6 fully saturated rings. The molecule has 0 radical (unpaired) electrons. The van der Waals surface area contributed by atoms with Crippen LogP contribution < -0.4 is 0 Å². The van der Waals surface area contributed by atoms with E-state index in [1.165, 1.54) is 0 Å². The van der Waals surface area contributed by atoms with Crippen LogP contribution in [0.15, 0.2) is 0 Å². The Kier molecular flexibility index (Phi) is 5.24. The minimum Gasteiger partial charge on any atom is -0.393 e. The third kappa shape index (κ3) is 2.94. The zero-order valence-corrected chi connectivity index (χ0v) is 20.8. The van der Waals surface area contributed by atoms with Gasteiger partial charge in [0.1, 0.15) is 6.10 Å². The Morgan fingerprint density at radius 1 is 0.941 bits per heavy atom. The third-order valence-corrected chi connectivity index (χ3v) is 11.9. The van der Waals surface area contributed by atoms with E-state index < -0.39 is 41.3 Å². The maximum Gasteiger partial charge on any atom is 0.165 e. The van der Waals surface area contributed by atoms with Gasteiger partial charge in [-0.25, -0.2) is 0 Å². The summed E-state index contributed by atoms with van der Waals surface area (Å²) in [6.45, 7) is 7.90. The fourth-order valence-corrected chi connectivity index (χ4v) is 10.5.